The molecule has 1 heterocycles. The van der Waals surface area contributed by atoms with Gasteiger partial charge in [-0.25, -0.2) is 0 Å². The van der Waals surface area contributed by atoms with Gasteiger partial charge in [-0.1, -0.05) is 6.92 Å². The standard InChI is InChI=1S/C15H29NO2/c1-2-10-18-15-4-3-9-16(12-15)11-13-5-7-14(17)8-6-13/h13-15,17H,2-12H2,1H3/t13?,14?,15-/m0/s1. The molecule has 18 heavy (non-hydrogen) atoms. The van der Waals surface area contributed by atoms with Gasteiger partial charge >= 0.3 is 0 Å². The fourth-order valence-electron chi connectivity index (χ4n) is 3.29. The van der Waals surface area contributed by atoms with Gasteiger partial charge in [-0.3, -0.25) is 0 Å². The van der Waals surface area contributed by atoms with Crippen molar-refractivity contribution in [2.24, 2.45) is 5.92 Å². The maximum absolute atomic E-state index is 9.54. The van der Waals surface area contributed by atoms with Crippen molar-refractivity contribution < 1.29 is 9.84 Å². The molecule has 0 aromatic heterocycles. The van der Waals surface area contributed by atoms with Crippen LogP contribution in [-0.2, 0) is 4.74 Å². The van der Waals surface area contributed by atoms with E-state index < -0.39 is 0 Å². The van der Waals surface area contributed by atoms with E-state index >= 15 is 0 Å². The van der Waals surface area contributed by atoms with E-state index in [9.17, 15) is 5.11 Å². The molecule has 0 amide bonds. The Morgan fingerprint density at radius 1 is 1.17 bits per heavy atom. The molecular weight excluding hydrogens is 226 g/mol. The van der Waals surface area contributed by atoms with Crippen molar-refractivity contribution in [2.75, 3.05) is 26.2 Å². The molecule has 2 fully saturated rings. The lowest BCUT2D eigenvalue weighted by molar-refractivity contribution is -0.00759. The van der Waals surface area contributed by atoms with Crippen LogP contribution < -0.4 is 0 Å². The highest BCUT2D eigenvalue weighted by atomic mass is 16.5. The van der Waals surface area contributed by atoms with Gasteiger partial charge < -0.3 is 14.7 Å². The van der Waals surface area contributed by atoms with Crippen molar-refractivity contribution >= 4 is 0 Å². The van der Waals surface area contributed by atoms with E-state index in [4.69, 9.17) is 4.74 Å². The Bertz CT molecular complexity index is 227. The van der Waals surface area contributed by atoms with Crippen molar-refractivity contribution in [1.82, 2.24) is 4.90 Å². The monoisotopic (exact) mass is 255 g/mol. The van der Waals surface area contributed by atoms with Crippen molar-refractivity contribution in [3.63, 3.8) is 0 Å². The first kappa shape index (κ1) is 14.3. The van der Waals surface area contributed by atoms with Gasteiger partial charge in [0, 0.05) is 19.7 Å². The van der Waals surface area contributed by atoms with Crippen LogP contribution in [-0.4, -0.2) is 48.5 Å². The molecule has 0 unspecified atom stereocenters. The van der Waals surface area contributed by atoms with E-state index in [2.05, 4.69) is 11.8 Å². The number of piperidine rings is 1. The molecule has 0 radical (unpaired) electrons. The van der Waals surface area contributed by atoms with Crippen LogP contribution in [0.1, 0.15) is 51.9 Å². The van der Waals surface area contributed by atoms with Crippen LogP contribution in [0.3, 0.4) is 0 Å². The summed E-state index contributed by atoms with van der Waals surface area (Å²) in [6.45, 7) is 6.67. The van der Waals surface area contributed by atoms with E-state index in [-0.39, 0.29) is 6.10 Å². The third kappa shape index (κ3) is 4.52. The highest BCUT2D eigenvalue weighted by Gasteiger charge is 2.25. The third-order valence-corrected chi connectivity index (χ3v) is 4.35. The smallest absolute Gasteiger partial charge is 0.0702 e. The molecule has 2 aliphatic rings. The number of hydrogen-bond acceptors (Lipinski definition) is 3. The Morgan fingerprint density at radius 3 is 2.67 bits per heavy atom. The molecular formula is C15H29NO2. The van der Waals surface area contributed by atoms with Crippen LogP contribution in [0.25, 0.3) is 0 Å². The molecule has 0 spiro atoms. The minimum absolute atomic E-state index is 0.0248. The van der Waals surface area contributed by atoms with E-state index in [1.54, 1.807) is 0 Å². The highest BCUT2D eigenvalue weighted by molar-refractivity contribution is 4.79. The van der Waals surface area contributed by atoms with E-state index in [1.165, 1.54) is 38.8 Å². The van der Waals surface area contributed by atoms with Gasteiger partial charge in [0.25, 0.3) is 0 Å². The molecule has 0 bridgehead atoms. The van der Waals surface area contributed by atoms with Gasteiger partial charge in [0.2, 0.25) is 0 Å². The molecule has 1 N–H and O–H groups in total. The number of rotatable bonds is 5. The van der Waals surface area contributed by atoms with Gasteiger partial charge in [0.1, 0.15) is 0 Å². The van der Waals surface area contributed by atoms with Gasteiger partial charge in [-0.15, -0.1) is 0 Å². The van der Waals surface area contributed by atoms with Gasteiger partial charge in [-0.2, -0.15) is 0 Å². The van der Waals surface area contributed by atoms with E-state index in [0.29, 0.717) is 6.10 Å². The van der Waals surface area contributed by atoms with Crippen molar-refractivity contribution in [3.05, 3.63) is 0 Å². The molecule has 106 valence electrons. The summed E-state index contributed by atoms with van der Waals surface area (Å²) in [5, 5.41) is 9.54. The Labute approximate surface area is 112 Å². The Hall–Kier alpha value is -0.120. The van der Waals surface area contributed by atoms with Crippen molar-refractivity contribution in [3.8, 4) is 0 Å². The molecule has 1 atom stereocenters. The average Bonchev–Trinajstić information content (AvgIpc) is 2.40. The summed E-state index contributed by atoms with van der Waals surface area (Å²) in [5.74, 6) is 0.804. The number of aliphatic hydroxyl groups is 1. The zero-order valence-electron chi connectivity index (χ0n) is 11.8. The van der Waals surface area contributed by atoms with Gasteiger partial charge in [0.05, 0.1) is 12.2 Å². The largest absolute Gasteiger partial charge is 0.393 e. The number of likely N-dealkylation sites (tertiary alicyclic amines) is 1. The second kappa shape index (κ2) is 7.46. The van der Waals surface area contributed by atoms with Gasteiger partial charge in [0.15, 0.2) is 0 Å². The Morgan fingerprint density at radius 2 is 1.94 bits per heavy atom. The third-order valence-electron chi connectivity index (χ3n) is 4.35. The molecule has 1 saturated carbocycles. The average molecular weight is 255 g/mol. The number of aliphatic hydroxyl groups excluding tert-OH is 1. The Balaban J connectivity index is 1.68. The lowest BCUT2D eigenvalue weighted by atomic mass is 9.87. The molecule has 0 aromatic carbocycles. The van der Waals surface area contributed by atoms with Crippen molar-refractivity contribution in [2.45, 2.75) is 64.1 Å². The van der Waals surface area contributed by atoms with Crippen LogP contribution in [0.4, 0.5) is 0 Å². The van der Waals surface area contributed by atoms with Crippen LogP contribution in [0.2, 0.25) is 0 Å². The second-order valence-electron chi connectivity index (χ2n) is 6.07. The van der Waals surface area contributed by atoms with Crippen LogP contribution in [0, 0.1) is 5.92 Å². The molecule has 0 aromatic rings. The summed E-state index contributed by atoms with van der Waals surface area (Å²) >= 11 is 0. The molecule has 3 heteroatoms. The van der Waals surface area contributed by atoms with E-state index in [1.807, 2.05) is 0 Å². The summed E-state index contributed by atoms with van der Waals surface area (Å²) < 4.78 is 5.89. The molecule has 1 aliphatic heterocycles. The van der Waals surface area contributed by atoms with Crippen LogP contribution in [0.5, 0.6) is 0 Å². The molecule has 1 aliphatic carbocycles. The molecule has 3 nitrogen and oxygen atoms in total. The lowest BCUT2D eigenvalue weighted by Gasteiger charge is -2.36. The SMILES string of the molecule is CCCO[C@H]1CCCN(CC2CCC(O)CC2)C1. The maximum Gasteiger partial charge on any atom is 0.0702 e. The number of ether oxygens (including phenoxy) is 1. The molecule has 2 rings (SSSR count). The summed E-state index contributed by atoms with van der Waals surface area (Å²) in [4.78, 5) is 2.59. The normalized spacial score (nSPS) is 34.7. The van der Waals surface area contributed by atoms with Crippen LogP contribution >= 0.6 is 0 Å². The second-order valence-corrected chi connectivity index (χ2v) is 6.07. The van der Waals surface area contributed by atoms with Gasteiger partial charge in [-0.05, 0) is 57.4 Å². The fraction of sp³-hybridized carbons (Fsp3) is 1.00. The zero-order valence-corrected chi connectivity index (χ0v) is 11.8. The fourth-order valence-corrected chi connectivity index (χ4v) is 3.29. The summed E-state index contributed by atoms with van der Waals surface area (Å²) in [6, 6.07) is 0. The Kier molecular flexibility index (Phi) is 5.93. The predicted molar refractivity (Wildman–Crippen MR) is 73.7 cm³/mol. The zero-order chi connectivity index (χ0) is 12.8. The minimum Gasteiger partial charge on any atom is -0.393 e. The number of nitrogens with zero attached hydrogens (tertiary/aromatic N) is 1. The maximum atomic E-state index is 9.54. The topological polar surface area (TPSA) is 32.7 Å². The quantitative estimate of drug-likeness (QED) is 0.819. The minimum atomic E-state index is -0.0248. The summed E-state index contributed by atoms with van der Waals surface area (Å²) in [5.41, 5.74) is 0. The first-order valence-corrected chi connectivity index (χ1v) is 7.80. The highest BCUT2D eigenvalue weighted by Crippen LogP contribution is 2.26. The first-order chi connectivity index (χ1) is 8.78. The summed E-state index contributed by atoms with van der Waals surface area (Å²) in [7, 11) is 0. The van der Waals surface area contributed by atoms with Crippen LogP contribution in [0.15, 0.2) is 0 Å². The predicted octanol–water partition coefficient (Wildman–Crippen LogP) is 2.43. The van der Waals surface area contributed by atoms with E-state index in [0.717, 1.165) is 38.3 Å². The summed E-state index contributed by atoms with van der Waals surface area (Å²) in [6.07, 6.45) is 8.51. The van der Waals surface area contributed by atoms with Crippen molar-refractivity contribution in [1.29, 1.82) is 0 Å². The molecule has 1 saturated heterocycles. The first-order valence-electron chi connectivity index (χ1n) is 7.80. The lowest BCUT2D eigenvalue weighted by Crippen LogP contribution is -2.42. The number of hydrogen-bond donors (Lipinski definition) is 1.